The zero-order valence-electron chi connectivity index (χ0n) is 19.6. The first-order chi connectivity index (χ1) is 15.5. The Morgan fingerprint density at radius 1 is 1.12 bits per heavy atom. The first-order valence-corrected chi connectivity index (χ1v) is 11.7. The van der Waals surface area contributed by atoms with Crippen molar-refractivity contribution in [3.63, 3.8) is 0 Å². The maximum Gasteiger partial charge on any atom is 0.228 e. The molecular formula is C27H36N4O. The molecule has 170 valence electrons. The Kier molecular flexibility index (Phi) is 8.84. The molecule has 1 aliphatic rings. The Morgan fingerprint density at radius 3 is 2.50 bits per heavy atom. The van der Waals surface area contributed by atoms with Crippen molar-refractivity contribution in [2.75, 3.05) is 26.7 Å². The van der Waals surface area contributed by atoms with Gasteiger partial charge in [-0.1, -0.05) is 62.4 Å². The van der Waals surface area contributed by atoms with Crippen LogP contribution in [0.25, 0.3) is 11.1 Å². The molecule has 5 heteroatoms. The lowest BCUT2D eigenvalue weighted by atomic mass is 9.88. The van der Waals surface area contributed by atoms with E-state index in [9.17, 15) is 4.79 Å². The molecule has 0 bridgehead atoms. The number of hydrogen-bond donors (Lipinski definition) is 2. The van der Waals surface area contributed by atoms with Gasteiger partial charge < -0.3 is 15.5 Å². The van der Waals surface area contributed by atoms with Crippen molar-refractivity contribution in [3.8, 4) is 17.2 Å². The topological polar surface area (TPSA) is 68.2 Å². The summed E-state index contributed by atoms with van der Waals surface area (Å²) in [6.07, 6.45) is 3.17. The zero-order valence-corrected chi connectivity index (χ0v) is 19.6. The molecule has 0 aromatic heterocycles. The van der Waals surface area contributed by atoms with E-state index in [0.29, 0.717) is 12.0 Å². The summed E-state index contributed by atoms with van der Waals surface area (Å²) in [4.78, 5) is 15.1. The molecule has 5 nitrogen and oxygen atoms in total. The third-order valence-electron chi connectivity index (χ3n) is 6.25. The van der Waals surface area contributed by atoms with E-state index in [1.54, 1.807) is 0 Å². The Bertz CT molecular complexity index is 908. The smallest absolute Gasteiger partial charge is 0.228 e. The van der Waals surface area contributed by atoms with Crippen LogP contribution >= 0.6 is 0 Å². The van der Waals surface area contributed by atoms with E-state index in [4.69, 9.17) is 5.26 Å². The first-order valence-electron chi connectivity index (χ1n) is 11.7. The van der Waals surface area contributed by atoms with Crippen LogP contribution in [-0.2, 0) is 11.3 Å². The fourth-order valence-electron chi connectivity index (χ4n) is 4.34. The van der Waals surface area contributed by atoms with Gasteiger partial charge in [0.2, 0.25) is 5.91 Å². The van der Waals surface area contributed by atoms with Gasteiger partial charge in [0.15, 0.2) is 0 Å². The lowest BCUT2D eigenvalue weighted by molar-refractivity contribution is -0.122. The molecule has 0 radical (unpaired) electrons. The van der Waals surface area contributed by atoms with E-state index in [-0.39, 0.29) is 18.4 Å². The summed E-state index contributed by atoms with van der Waals surface area (Å²) in [6.45, 7) is 7.50. The predicted molar refractivity (Wildman–Crippen MR) is 130 cm³/mol. The first kappa shape index (κ1) is 24.0. The van der Waals surface area contributed by atoms with E-state index in [0.717, 1.165) is 29.7 Å². The summed E-state index contributed by atoms with van der Waals surface area (Å²) < 4.78 is 0. The molecule has 1 heterocycles. The number of nitriles is 1. The summed E-state index contributed by atoms with van der Waals surface area (Å²) in [7, 11) is 2.19. The number of amides is 1. The molecule has 1 aliphatic heterocycles. The van der Waals surface area contributed by atoms with Gasteiger partial charge >= 0.3 is 0 Å². The van der Waals surface area contributed by atoms with E-state index in [2.05, 4.69) is 72.8 Å². The highest BCUT2D eigenvalue weighted by atomic mass is 16.1. The minimum atomic E-state index is -0.249. The lowest BCUT2D eigenvalue weighted by Gasteiger charge is -2.29. The second kappa shape index (κ2) is 11.8. The van der Waals surface area contributed by atoms with Gasteiger partial charge in [0.05, 0.1) is 12.0 Å². The van der Waals surface area contributed by atoms with Gasteiger partial charge in [0, 0.05) is 12.6 Å². The van der Waals surface area contributed by atoms with E-state index >= 15 is 0 Å². The third-order valence-corrected chi connectivity index (χ3v) is 6.25. The molecule has 2 aromatic rings. The van der Waals surface area contributed by atoms with Crippen LogP contribution in [0.3, 0.4) is 0 Å². The second-order valence-corrected chi connectivity index (χ2v) is 9.34. The molecule has 0 spiro atoms. The Labute approximate surface area is 192 Å². The monoisotopic (exact) mass is 432 g/mol. The Balaban J connectivity index is 1.68. The van der Waals surface area contributed by atoms with Gasteiger partial charge in [-0.05, 0) is 67.6 Å². The molecule has 0 saturated carbocycles. The minimum absolute atomic E-state index is 0.0418. The molecule has 1 amide bonds. The SMILES string of the molecule is CC(C)C[C@@H](C(=O)NCC#N)c1cccc(-c2ccc(CNC3CCN(C)CC3)cc2)c1. The van der Waals surface area contributed by atoms with Crippen molar-refractivity contribution in [2.24, 2.45) is 5.92 Å². The highest BCUT2D eigenvalue weighted by Crippen LogP contribution is 2.29. The van der Waals surface area contributed by atoms with Crippen LogP contribution in [0.15, 0.2) is 48.5 Å². The Morgan fingerprint density at radius 2 is 1.84 bits per heavy atom. The van der Waals surface area contributed by atoms with Crippen LogP contribution in [-0.4, -0.2) is 43.5 Å². The summed E-state index contributed by atoms with van der Waals surface area (Å²) in [5, 5.41) is 15.2. The van der Waals surface area contributed by atoms with Crippen LogP contribution in [0, 0.1) is 17.2 Å². The van der Waals surface area contributed by atoms with Gasteiger partial charge in [0.25, 0.3) is 0 Å². The molecule has 2 aromatic carbocycles. The second-order valence-electron chi connectivity index (χ2n) is 9.34. The lowest BCUT2D eigenvalue weighted by Crippen LogP contribution is -2.40. The highest BCUT2D eigenvalue weighted by Gasteiger charge is 2.22. The molecule has 1 atom stereocenters. The van der Waals surface area contributed by atoms with Gasteiger partial charge in [-0.15, -0.1) is 0 Å². The zero-order chi connectivity index (χ0) is 22.9. The Hall–Kier alpha value is -2.68. The number of rotatable bonds is 9. The molecule has 1 saturated heterocycles. The number of hydrogen-bond acceptors (Lipinski definition) is 4. The summed E-state index contributed by atoms with van der Waals surface area (Å²) in [6, 6.07) is 19.6. The molecule has 32 heavy (non-hydrogen) atoms. The average Bonchev–Trinajstić information content (AvgIpc) is 2.81. The van der Waals surface area contributed by atoms with Gasteiger partial charge in [-0.2, -0.15) is 5.26 Å². The fraction of sp³-hybridized carbons (Fsp3) is 0.481. The third kappa shape index (κ3) is 6.91. The van der Waals surface area contributed by atoms with Gasteiger partial charge in [0.1, 0.15) is 6.54 Å². The molecule has 1 fully saturated rings. The van der Waals surface area contributed by atoms with Crippen LogP contribution in [0.1, 0.15) is 50.2 Å². The van der Waals surface area contributed by atoms with Crippen LogP contribution < -0.4 is 10.6 Å². The minimum Gasteiger partial charge on any atom is -0.342 e. The van der Waals surface area contributed by atoms with E-state index in [1.165, 1.54) is 31.5 Å². The maximum atomic E-state index is 12.7. The molecule has 0 aliphatic carbocycles. The predicted octanol–water partition coefficient (Wildman–Crippen LogP) is 4.31. The van der Waals surface area contributed by atoms with E-state index in [1.807, 2.05) is 18.2 Å². The number of carbonyl (C=O) groups is 1. The van der Waals surface area contributed by atoms with Crippen LogP contribution in [0.5, 0.6) is 0 Å². The van der Waals surface area contributed by atoms with Crippen molar-refractivity contribution in [3.05, 3.63) is 59.7 Å². The highest BCUT2D eigenvalue weighted by molar-refractivity contribution is 5.84. The van der Waals surface area contributed by atoms with Crippen LogP contribution in [0.4, 0.5) is 0 Å². The number of benzene rings is 2. The number of nitrogens with zero attached hydrogens (tertiary/aromatic N) is 2. The van der Waals surface area contributed by atoms with Gasteiger partial charge in [-0.3, -0.25) is 4.79 Å². The van der Waals surface area contributed by atoms with Gasteiger partial charge in [-0.25, -0.2) is 0 Å². The van der Waals surface area contributed by atoms with Crippen LogP contribution in [0.2, 0.25) is 0 Å². The molecule has 2 N–H and O–H groups in total. The summed E-state index contributed by atoms with van der Waals surface area (Å²) in [5.74, 6) is 0.0573. The number of nitrogens with one attached hydrogen (secondary N) is 2. The molecule has 0 unspecified atom stereocenters. The fourth-order valence-corrected chi connectivity index (χ4v) is 4.34. The largest absolute Gasteiger partial charge is 0.342 e. The standard InChI is InChI=1S/C27H36N4O/c1-20(2)17-26(27(32)29-14-13-28)24-6-4-5-23(18-24)22-9-7-21(8-10-22)19-30-25-11-15-31(3)16-12-25/h4-10,18,20,25-26,30H,11-12,14-17,19H2,1-3H3,(H,29,32)/t26-/m1/s1. The number of carbonyl (C=O) groups excluding carboxylic acids is 1. The quantitative estimate of drug-likeness (QED) is 0.580. The van der Waals surface area contributed by atoms with E-state index < -0.39 is 0 Å². The van der Waals surface area contributed by atoms with Crippen molar-refractivity contribution in [1.29, 1.82) is 5.26 Å². The van der Waals surface area contributed by atoms with Crippen molar-refractivity contribution < 1.29 is 4.79 Å². The van der Waals surface area contributed by atoms with Crippen molar-refractivity contribution in [1.82, 2.24) is 15.5 Å². The average molecular weight is 433 g/mol. The summed E-state index contributed by atoms with van der Waals surface area (Å²) in [5.41, 5.74) is 4.55. The normalized spacial score (nSPS) is 16.0. The molecular weight excluding hydrogens is 396 g/mol. The summed E-state index contributed by atoms with van der Waals surface area (Å²) >= 11 is 0. The number of piperidine rings is 1. The number of likely N-dealkylation sites (tertiary alicyclic amines) is 1. The molecule has 3 rings (SSSR count). The maximum absolute atomic E-state index is 12.7. The van der Waals surface area contributed by atoms with Crippen molar-refractivity contribution >= 4 is 5.91 Å². The van der Waals surface area contributed by atoms with Crippen molar-refractivity contribution in [2.45, 2.75) is 51.6 Å².